The molecule has 4 rings (SSSR count). The number of hydrogen-bond acceptors (Lipinski definition) is 4. The van der Waals surface area contributed by atoms with E-state index in [1.165, 1.54) is 0 Å². The van der Waals surface area contributed by atoms with E-state index < -0.39 is 0 Å². The van der Waals surface area contributed by atoms with Crippen LogP contribution in [0.15, 0.2) is 66.9 Å². The molecule has 0 saturated carbocycles. The molecule has 0 atom stereocenters. The summed E-state index contributed by atoms with van der Waals surface area (Å²) in [5, 5.41) is 14.0. The minimum atomic E-state index is -0.248. The normalized spacial score (nSPS) is 10.7. The molecule has 0 saturated heterocycles. The lowest BCUT2D eigenvalue weighted by atomic mass is 10.1. The number of nitrogens with zero attached hydrogens (tertiary/aromatic N) is 3. The molecular formula is C23H21N5O2. The number of anilines is 2. The molecule has 0 radical (unpaired) electrons. The van der Waals surface area contributed by atoms with Crippen LogP contribution in [0.2, 0.25) is 0 Å². The fourth-order valence-electron chi connectivity index (χ4n) is 3.21. The Morgan fingerprint density at radius 2 is 1.73 bits per heavy atom. The summed E-state index contributed by atoms with van der Waals surface area (Å²) in [6, 6.07) is 18.5. The molecule has 2 aromatic heterocycles. The Kier molecular flexibility index (Phi) is 5.26. The third kappa shape index (κ3) is 4.20. The first kappa shape index (κ1) is 19.3. The number of amides is 2. The first-order chi connectivity index (χ1) is 14.5. The smallest absolute Gasteiger partial charge is 0.257 e. The van der Waals surface area contributed by atoms with Gasteiger partial charge >= 0.3 is 0 Å². The van der Waals surface area contributed by atoms with E-state index in [2.05, 4.69) is 20.8 Å². The van der Waals surface area contributed by atoms with Crippen LogP contribution >= 0.6 is 0 Å². The van der Waals surface area contributed by atoms with Gasteiger partial charge in [-0.3, -0.25) is 14.0 Å². The van der Waals surface area contributed by atoms with Gasteiger partial charge < -0.3 is 10.6 Å². The molecule has 150 valence electrons. The molecule has 30 heavy (non-hydrogen) atoms. The number of carbonyl (C=O) groups excluding carboxylic acids is 2. The molecule has 2 heterocycles. The van der Waals surface area contributed by atoms with Crippen LogP contribution in [-0.2, 0) is 11.2 Å². The second-order valence-corrected chi connectivity index (χ2v) is 7.13. The van der Waals surface area contributed by atoms with E-state index in [0.29, 0.717) is 22.7 Å². The van der Waals surface area contributed by atoms with Crippen molar-refractivity contribution in [2.45, 2.75) is 20.3 Å². The van der Waals surface area contributed by atoms with Crippen LogP contribution in [0.4, 0.5) is 11.4 Å². The lowest BCUT2D eigenvalue weighted by Gasteiger charge is -2.09. The molecule has 2 aromatic carbocycles. The zero-order chi connectivity index (χ0) is 21.1. The highest BCUT2D eigenvalue weighted by Gasteiger charge is 2.14. The second-order valence-electron chi connectivity index (χ2n) is 7.13. The predicted octanol–water partition coefficient (Wildman–Crippen LogP) is 3.78. The average Bonchev–Trinajstić information content (AvgIpc) is 3.13. The van der Waals surface area contributed by atoms with Crippen molar-refractivity contribution in [1.82, 2.24) is 14.6 Å². The topological polar surface area (TPSA) is 88.4 Å². The molecule has 0 aliphatic rings. The molecule has 2 amide bonds. The van der Waals surface area contributed by atoms with Gasteiger partial charge in [0.25, 0.3) is 5.91 Å². The van der Waals surface area contributed by atoms with Gasteiger partial charge in [0.15, 0.2) is 5.65 Å². The summed E-state index contributed by atoms with van der Waals surface area (Å²) < 4.78 is 1.67. The largest absolute Gasteiger partial charge is 0.325 e. The Morgan fingerprint density at radius 1 is 0.933 bits per heavy atom. The molecule has 0 spiro atoms. The number of benzene rings is 2. The van der Waals surface area contributed by atoms with Crippen molar-refractivity contribution < 1.29 is 9.59 Å². The van der Waals surface area contributed by atoms with Gasteiger partial charge in [0, 0.05) is 17.6 Å². The Balaban J connectivity index is 1.52. The number of hydrogen-bond donors (Lipinski definition) is 2. The second kappa shape index (κ2) is 8.16. The fraction of sp³-hybridized carbons (Fsp3) is 0.130. The number of rotatable bonds is 5. The first-order valence-corrected chi connectivity index (χ1v) is 9.57. The first-order valence-electron chi connectivity index (χ1n) is 9.57. The maximum atomic E-state index is 12.6. The Hall–Kier alpha value is -4.00. The number of aromatic nitrogens is 3. The summed E-state index contributed by atoms with van der Waals surface area (Å²) >= 11 is 0. The van der Waals surface area contributed by atoms with Crippen LogP contribution in [-0.4, -0.2) is 26.4 Å². The van der Waals surface area contributed by atoms with Crippen molar-refractivity contribution in [3.8, 4) is 0 Å². The van der Waals surface area contributed by atoms with Gasteiger partial charge in [-0.1, -0.05) is 35.9 Å². The van der Waals surface area contributed by atoms with Crippen LogP contribution in [0.5, 0.6) is 0 Å². The van der Waals surface area contributed by atoms with Crippen molar-refractivity contribution >= 4 is 28.8 Å². The number of pyridine rings is 1. The van der Waals surface area contributed by atoms with Gasteiger partial charge in [0.2, 0.25) is 5.91 Å². The highest BCUT2D eigenvalue weighted by molar-refractivity contribution is 6.04. The summed E-state index contributed by atoms with van der Waals surface area (Å²) in [6.07, 6.45) is 1.69. The number of para-hydroxylation sites is 1. The number of nitrogens with one attached hydrogen (secondary N) is 2. The van der Waals surface area contributed by atoms with E-state index in [0.717, 1.165) is 16.8 Å². The monoisotopic (exact) mass is 399 g/mol. The van der Waals surface area contributed by atoms with Crippen LogP contribution in [0.25, 0.3) is 5.65 Å². The summed E-state index contributed by atoms with van der Waals surface area (Å²) in [5.41, 5.74) is 4.62. The van der Waals surface area contributed by atoms with Gasteiger partial charge in [0.1, 0.15) is 5.82 Å². The van der Waals surface area contributed by atoms with Crippen LogP contribution in [0, 0.1) is 13.8 Å². The SMILES string of the molecule is Cc1ccc(NC(=O)Cc2nnc3ccc(C(=O)Nc4ccccc4)cn23)c(C)c1. The molecular weight excluding hydrogens is 378 g/mol. The molecule has 0 fully saturated rings. The van der Waals surface area contributed by atoms with Gasteiger partial charge in [-0.15, -0.1) is 10.2 Å². The molecule has 0 aliphatic carbocycles. The summed E-state index contributed by atoms with van der Waals surface area (Å²) in [5.74, 6) is 0.0134. The highest BCUT2D eigenvalue weighted by atomic mass is 16.2. The van der Waals surface area contributed by atoms with Crippen molar-refractivity contribution in [3.63, 3.8) is 0 Å². The van der Waals surface area contributed by atoms with Crippen molar-refractivity contribution in [3.05, 3.63) is 89.4 Å². The molecule has 7 nitrogen and oxygen atoms in total. The third-order valence-corrected chi connectivity index (χ3v) is 4.74. The lowest BCUT2D eigenvalue weighted by Crippen LogP contribution is -2.17. The molecule has 2 N–H and O–H groups in total. The molecule has 0 aliphatic heterocycles. The lowest BCUT2D eigenvalue weighted by molar-refractivity contribution is -0.115. The van der Waals surface area contributed by atoms with Crippen LogP contribution < -0.4 is 10.6 Å². The summed E-state index contributed by atoms with van der Waals surface area (Å²) in [7, 11) is 0. The van der Waals surface area contributed by atoms with Gasteiger partial charge in [-0.2, -0.15) is 0 Å². The standard InChI is InChI=1S/C23H21N5O2/c1-15-8-10-19(16(2)12-15)25-22(29)13-21-27-26-20-11-9-17(14-28(20)21)23(30)24-18-6-4-3-5-7-18/h3-12,14H,13H2,1-2H3,(H,24,30)(H,25,29). The van der Waals surface area contributed by atoms with Crippen molar-refractivity contribution in [2.75, 3.05) is 10.6 Å². The Labute approximate surface area is 173 Å². The van der Waals surface area contributed by atoms with Crippen molar-refractivity contribution in [2.24, 2.45) is 0 Å². The fourth-order valence-corrected chi connectivity index (χ4v) is 3.21. The van der Waals surface area contributed by atoms with Crippen molar-refractivity contribution in [1.29, 1.82) is 0 Å². The molecule has 0 bridgehead atoms. The zero-order valence-corrected chi connectivity index (χ0v) is 16.7. The summed E-state index contributed by atoms with van der Waals surface area (Å²) in [6.45, 7) is 3.96. The molecule has 0 unspecified atom stereocenters. The van der Waals surface area contributed by atoms with E-state index in [1.54, 1.807) is 22.7 Å². The number of aryl methyl sites for hydroxylation is 2. The van der Waals surface area contributed by atoms with Crippen LogP contribution in [0.1, 0.15) is 27.3 Å². The van der Waals surface area contributed by atoms with E-state index >= 15 is 0 Å². The zero-order valence-electron chi connectivity index (χ0n) is 16.7. The van der Waals surface area contributed by atoms with Crippen LogP contribution in [0.3, 0.4) is 0 Å². The maximum absolute atomic E-state index is 12.6. The van der Waals surface area contributed by atoms with Gasteiger partial charge in [-0.05, 0) is 49.7 Å². The predicted molar refractivity (Wildman–Crippen MR) is 116 cm³/mol. The minimum absolute atomic E-state index is 0.0399. The number of fused-ring (bicyclic) bond motifs is 1. The minimum Gasteiger partial charge on any atom is -0.325 e. The van der Waals surface area contributed by atoms with E-state index in [-0.39, 0.29) is 18.2 Å². The summed E-state index contributed by atoms with van der Waals surface area (Å²) in [4.78, 5) is 25.1. The average molecular weight is 399 g/mol. The number of carbonyl (C=O) groups is 2. The van der Waals surface area contributed by atoms with Gasteiger partial charge in [-0.25, -0.2) is 0 Å². The Bertz CT molecular complexity index is 1230. The third-order valence-electron chi connectivity index (χ3n) is 4.74. The van der Waals surface area contributed by atoms with Gasteiger partial charge in [0.05, 0.1) is 12.0 Å². The van der Waals surface area contributed by atoms with E-state index in [1.807, 2.05) is 62.4 Å². The Morgan fingerprint density at radius 3 is 2.50 bits per heavy atom. The highest BCUT2D eigenvalue weighted by Crippen LogP contribution is 2.17. The van der Waals surface area contributed by atoms with E-state index in [4.69, 9.17) is 0 Å². The van der Waals surface area contributed by atoms with E-state index in [9.17, 15) is 9.59 Å². The quantitative estimate of drug-likeness (QED) is 0.535. The molecule has 7 heteroatoms. The molecule has 4 aromatic rings. The maximum Gasteiger partial charge on any atom is 0.257 e.